The highest BCUT2D eigenvalue weighted by Crippen LogP contribution is 2.27. The minimum atomic E-state index is -0.461. The van der Waals surface area contributed by atoms with Crippen LogP contribution >= 0.6 is 0 Å². The van der Waals surface area contributed by atoms with Crippen LogP contribution in [0.5, 0.6) is 0 Å². The van der Waals surface area contributed by atoms with Gasteiger partial charge in [0, 0.05) is 31.8 Å². The summed E-state index contributed by atoms with van der Waals surface area (Å²) in [6.07, 6.45) is 1.67. The number of rotatable bonds is 7. The molecule has 0 unspecified atom stereocenters. The van der Waals surface area contributed by atoms with Gasteiger partial charge in [-0.25, -0.2) is 4.98 Å². The monoisotopic (exact) mass is 314 g/mol. The SMILES string of the molecule is Cc1cnc(N(CCC(N)=O)Cc2ccccc2)c([N+](=O)[O-])c1. The number of amides is 1. The van der Waals surface area contributed by atoms with Gasteiger partial charge in [0.2, 0.25) is 11.7 Å². The summed E-state index contributed by atoms with van der Waals surface area (Å²) in [6.45, 7) is 2.42. The molecule has 0 fully saturated rings. The van der Waals surface area contributed by atoms with Crippen LogP contribution < -0.4 is 10.6 Å². The van der Waals surface area contributed by atoms with Crippen molar-refractivity contribution in [3.05, 3.63) is 63.8 Å². The van der Waals surface area contributed by atoms with Gasteiger partial charge >= 0.3 is 5.69 Å². The first-order valence-corrected chi connectivity index (χ1v) is 7.15. The third kappa shape index (κ3) is 4.50. The topological polar surface area (TPSA) is 102 Å². The van der Waals surface area contributed by atoms with E-state index in [1.807, 2.05) is 30.3 Å². The Morgan fingerprint density at radius 1 is 1.35 bits per heavy atom. The number of hydrogen-bond donors (Lipinski definition) is 1. The zero-order valence-corrected chi connectivity index (χ0v) is 12.8. The normalized spacial score (nSPS) is 10.3. The Morgan fingerprint density at radius 3 is 2.65 bits per heavy atom. The largest absolute Gasteiger partial charge is 0.370 e. The molecule has 23 heavy (non-hydrogen) atoms. The van der Waals surface area contributed by atoms with E-state index < -0.39 is 10.8 Å². The van der Waals surface area contributed by atoms with Crippen molar-refractivity contribution in [3.63, 3.8) is 0 Å². The van der Waals surface area contributed by atoms with Gasteiger partial charge in [-0.3, -0.25) is 14.9 Å². The lowest BCUT2D eigenvalue weighted by atomic mass is 10.2. The number of anilines is 1. The number of hydrogen-bond acceptors (Lipinski definition) is 5. The fourth-order valence-corrected chi connectivity index (χ4v) is 2.23. The number of benzene rings is 1. The number of nitro groups is 1. The van der Waals surface area contributed by atoms with E-state index in [1.54, 1.807) is 18.0 Å². The second-order valence-electron chi connectivity index (χ2n) is 5.24. The zero-order chi connectivity index (χ0) is 16.8. The summed E-state index contributed by atoms with van der Waals surface area (Å²) < 4.78 is 0. The number of nitrogens with zero attached hydrogens (tertiary/aromatic N) is 3. The molecule has 2 aromatic rings. The fraction of sp³-hybridized carbons (Fsp3) is 0.250. The van der Waals surface area contributed by atoms with Crippen molar-refractivity contribution in [1.29, 1.82) is 0 Å². The highest BCUT2D eigenvalue weighted by atomic mass is 16.6. The van der Waals surface area contributed by atoms with Gasteiger partial charge in [0.05, 0.1) is 4.92 Å². The quantitative estimate of drug-likeness (QED) is 0.623. The van der Waals surface area contributed by atoms with Crippen LogP contribution in [0.4, 0.5) is 11.5 Å². The van der Waals surface area contributed by atoms with E-state index in [0.29, 0.717) is 12.1 Å². The third-order valence-corrected chi connectivity index (χ3v) is 3.32. The maximum atomic E-state index is 11.3. The zero-order valence-electron chi connectivity index (χ0n) is 12.8. The molecule has 1 heterocycles. The van der Waals surface area contributed by atoms with E-state index in [1.165, 1.54) is 6.07 Å². The van der Waals surface area contributed by atoms with E-state index in [4.69, 9.17) is 5.73 Å². The molecular formula is C16H18N4O3. The lowest BCUT2D eigenvalue weighted by molar-refractivity contribution is -0.384. The summed E-state index contributed by atoms with van der Waals surface area (Å²) in [6, 6.07) is 11.0. The van der Waals surface area contributed by atoms with Crippen LogP contribution in [0, 0.1) is 17.0 Å². The van der Waals surface area contributed by atoms with Gasteiger partial charge in [0.1, 0.15) is 0 Å². The maximum absolute atomic E-state index is 11.3. The smallest absolute Gasteiger partial charge is 0.311 e. The van der Waals surface area contributed by atoms with Crippen LogP contribution in [0.25, 0.3) is 0 Å². The van der Waals surface area contributed by atoms with Crippen molar-refractivity contribution in [2.24, 2.45) is 5.73 Å². The Kier molecular flexibility index (Phi) is 5.24. The van der Waals surface area contributed by atoms with Crippen LogP contribution in [-0.4, -0.2) is 22.4 Å². The molecule has 7 nitrogen and oxygen atoms in total. The van der Waals surface area contributed by atoms with Gasteiger partial charge in [0.15, 0.2) is 0 Å². The molecular weight excluding hydrogens is 296 g/mol. The molecule has 0 radical (unpaired) electrons. The maximum Gasteiger partial charge on any atom is 0.311 e. The summed E-state index contributed by atoms with van der Waals surface area (Å²) in [5.74, 6) is -0.219. The Labute approximate surface area is 133 Å². The van der Waals surface area contributed by atoms with E-state index in [2.05, 4.69) is 4.98 Å². The van der Waals surface area contributed by atoms with Crippen molar-refractivity contribution in [3.8, 4) is 0 Å². The van der Waals surface area contributed by atoms with Crippen LogP contribution in [0.1, 0.15) is 17.5 Å². The molecule has 0 aliphatic heterocycles. The summed E-state index contributed by atoms with van der Waals surface area (Å²) >= 11 is 0. The molecule has 0 spiro atoms. The summed E-state index contributed by atoms with van der Waals surface area (Å²) in [7, 11) is 0. The van der Waals surface area contributed by atoms with E-state index >= 15 is 0 Å². The Morgan fingerprint density at radius 2 is 2.04 bits per heavy atom. The number of carbonyl (C=O) groups is 1. The van der Waals surface area contributed by atoms with Crippen LogP contribution in [0.15, 0.2) is 42.6 Å². The standard InChI is InChI=1S/C16H18N4O3/c1-12-9-14(20(22)23)16(18-10-12)19(8-7-15(17)21)11-13-5-3-2-4-6-13/h2-6,9-10H,7-8,11H2,1H3,(H2,17,21). The van der Waals surface area contributed by atoms with Crippen molar-refractivity contribution in [2.75, 3.05) is 11.4 Å². The Hall–Kier alpha value is -2.96. The van der Waals surface area contributed by atoms with Crippen LogP contribution in [0.3, 0.4) is 0 Å². The lowest BCUT2D eigenvalue weighted by Gasteiger charge is -2.23. The highest BCUT2D eigenvalue weighted by Gasteiger charge is 2.22. The molecule has 120 valence electrons. The molecule has 1 aromatic heterocycles. The van der Waals surface area contributed by atoms with Gasteiger partial charge < -0.3 is 10.6 Å². The number of nitrogens with two attached hydrogens (primary N) is 1. The molecule has 0 saturated heterocycles. The molecule has 1 aromatic carbocycles. The predicted molar refractivity (Wildman–Crippen MR) is 86.9 cm³/mol. The first-order valence-electron chi connectivity index (χ1n) is 7.15. The number of primary amides is 1. The molecule has 0 atom stereocenters. The third-order valence-electron chi connectivity index (χ3n) is 3.32. The van der Waals surface area contributed by atoms with Gasteiger partial charge in [-0.2, -0.15) is 0 Å². The average molecular weight is 314 g/mol. The summed E-state index contributed by atoms with van der Waals surface area (Å²) in [5.41, 5.74) is 6.81. The van der Waals surface area contributed by atoms with E-state index in [-0.39, 0.29) is 24.5 Å². The predicted octanol–water partition coefficient (Wildman–Crippen LogP) is 2.18. The average Bonchev–Trinajstić information content (AvgIpc) is 2.52. The number of aryl methyl sites for hydroxylation is 1. The molecule has 1 amide bonds. The Bertz CT molecular complexity index is 704. The van der Waals surface area contributed by atoms with Crippen molar-refractivity contribution in [1.82, 2.24) is 4.98 Å². The second-order valence-corrected chi connectivity index (χ2v) is 5.24. The number of carbonyl (C=O) groups excluding carboxylic acids is 1. The lowest BCUT2D eigenvalue weighted by Crippen LogP contribution is -2.29. The molecule has 0 saturated carbocycles. The van der Waals surface area contributed by atoms with Crippen LogP contribution in [0.2, 0.25) is 0 Å². The van der Waals surface area contributed by atoms with E-state index in [9.17, 15) is 14.9 Å². The molecule has 2 rings (SSSR count). The first kappa shape index (κ1) is 16.4. The van der Waals surface area contributed by atoms with Crippen molar-refractivity contribution >= 4 is 17.4 Å². The minimum Gasteiger partial charge on any atom is -0.370 e. The highest BCUT2D eigenvalue weighted by molar-refractivity contribution is 5.74. The minimum absolute atomic E-state index is 0.0783. The summed E-state index contributed by atoms with van der Waals surface area (Å²) in [4.78, 5) is 27.9. The molecule has 7 heteroatoms. The molecule has 2 N–H and O–H groups in total. The van der Waals surface area contributed by atoms with Crippen molar-refractivity contribution < 1.29 is 9.72 Å². The molecule has 0 aliphatic carbocycles. The van der Waals surface area contributed by atoms with E-state index in [0.717, 1.165) is 5.56 Å². The molecule has 0 bridgehead atoms. The summed E-state index contributed by atoms with van der Waals surface area (Å²) in [5, 5.41) is 11.3. The number of pyridine rings is 1. The Balaban J connectivity index is 2.36. The van der Waals surface area contributed by atoms with Crippen molar-refractivity contribution in [2.45, 2.75) is 19.9 Å². The second kappa shape index (κ2) is 7.35. The first-order chi connectivity index (χ1) is 11.0. The fourth-order valence-electron chi connectivity index (χ4n) is 2.23. The van der Waals surface area contributed by atoms with Gasteiger partial charge in [-0.15, -0.1) is 0 Å². The van der Waals surface area contributed by atoms with Gasteiger partial charge in [-0.05, 0) is 18.1 Å². The molecule has 0 aliphatic rings. The van der Waals surface area contributed by atoms with Gasteiger partial charge in [0.25, 0.3) is 0 Å². The number of aromatic nitrogens is 1. The van der Waals surface area contributed by atoms with Gasteiger partial charge in [-0.1, -0.05) is 30.3 Å². The van der Waals surface area contributed by atoms with Crippen LogP contribution in [-0.2, 0) is 11.3 Å².